The Balaban J connectivity index is 1.75. The molecule has 152 valence electrons. The molecule has 1 aromatic heterocycles. The molecule has 1 N–H and O–H groups in total. The highest BCUT2D eigenvalue weighted by Crippen LogP contribution is 2.33. The van der Waals surface area contributed by atoms with Crippen LogP contribution < -0.4 is 10.1 Å². The van der Waals surface area contributed by atoms with Crippen LogP contribution in [0, 0.1) is 0 Å². The van der Waals surface area contributed by atoms with Crippen LogP contribution in [0.4, 0.5) is 4.79 Å². The molecule has 0 spiro atoms. The zero-order valence-electron chi connectivity index (χ0n) is 16.7. The molecule has 1 saturated heterocycles. The van der Waals surface area contributed by atoms with Crippen LogP contribution >= 0.6 is 11.8 Å². The summed E-state index contributed by atoms with van der Waals surface area (Å²) in [5.41, 5.74) is 2.60. The molecule has 2 heterocycles. The highest BCUT2D eigenvalue weighted by molar-refractivity contribution is 8.18. The number of unbranched alkanes of at least 4 members (excludes halogenated alkanes) is 2. The van der Waals surface area contributed by atoms with Crippen molar-refractivity contribution in [1.29, 1.82) is 0 Å². The van der Waals surface area contributed by atoms with Gasteiger partial charge in [0.2, 0.25) is 0 Å². The molecule has 4 rings (SSSR count). The van der Waals surface area contributed by atoms with E-state index in [1.54, 1.807) is 6.08 Å². The Morgan fingerprint density at radius 2 is 1.90 bits per heavy atom. The number of benzene rings is 2. The minimum absolute atomic E-state index is 0.327. The molecule has 0 aliphatic carbocycles. The molecule has 2 aromatic carbocycles. The molecule has 3 aromatic rings. The van der Waals surface area contributed by atoms with Crippen LogP contribution in [-0.2, 0) is 11.2 Å². The van der Waals surface area contributed by atoms with Gasteiger partial charge in [0.15, 0.2) is 0 Å². The maximum Gasteiger partial charge on any atom is 0.290 e. The van der Waals surface area contributed by atoms with Crippen LogP contribution in [0.1, 0.15) is 37.4 Å². The SMILES string of the molecule is CCCCCc1ccc2nc(/C=C3/SC(=O)NC3=O)cc(Oc3ccccc3)c2c1. The Kier molecular flexibility index (Phi) is 6.14. The molecule has 2 amide bonds. The number of nitrogens with one attached hydrogen (secondary N) is 1. The number of pyridine rings is 1. The van der Waals surface area contributed by atoms with E-state index < -0.39 is 5.91 Å². The molecular formula is C24H22N2O3S. The Morgan fingerprint density at radius 3 is 2.63 bits per heavy atom. The summed E-state index contributed by atoms with van der Waals surface area (Å²) in [7, 11) is 0. The Hall–Kier alpha value is -3.12. The number of fused-ring (bicyclic) bond motifs is 1. The smallest absolute Gasteiger partial charge is 0.290 e. The van der Waals surface area contributed by atoms with Gasteiger partial charge in [-0.2, -0.15) is 0 Å². The number of carbonyl (C=O) groups excluding carboxylic acids is 2. The van der Waals surface area contributed by atoms with Crippen LogP contribution in [0.2, 0.25) is 0 Å². The van der Waals surface area contributed by atoms with Gasteiger partial charge in [-0.05, 0) is 60.5 Å². The lowest BCUT2D eigenvalue weighted by Crippen LogP contribution is -2.17. The van der Waals surface area contributed by atoms with Gasteiger partial charge in [-0.15, -0.1) is 0 Å². The third-order valence-corrected chi connectivity index (χ3v) is 5.63. The Morgan fingerprint density at radius 1 is 1.07 bits per heavy atom. The minimum Gasteiger partial charge on any atom is -0.457 e. The van der Waals surface area contributed by atoms with Crippen molar-refractivity contribution >= 4 is 39.9 Å². The molecule has 6 heteroatoms. The van der Waals surface area contributed by atoms with Gasteiger partial charge in [-0.25, -0.2) is 4.98 Å². The van der Waals surface area contributed by atoms with E-state index in [0.717, 1.165) is 41.3 Å². The largest absolute Gasteiger partial charge is 0.457 e. The second-order valence-electron chi connectivity index (χ2n) is 7.12. The van der Waals surface area contributed by atoms with Crippen LogP contribution in [0.25, 0.3) is 17.0 Å². The number of thioether (sulfide) groups is 1. The number of rotatable bonds is 7. The number of amides is 2. The molecule has 1 aliphatic heterocycles. The van der Waals surface area contributed by atoms with E-state index in [4.69, 9.17) is 4.74 Å². The van der Waals surface area contributed by atoms with E-state index in [9.17, 15) is 9.59 Å². The first-order valence-corrected chi connectivity index (χ1v) is 10.9. The number of imide groups is 1. The summed E-state index contributed by atoms with van der Waals surface area (Å²) in [4.78, 5) is 28.4. The predicted octanol–water partition coefficient (Wildman–Crippen LogP) is 6.08. The fourth-order valence-corrected chi connectivity index (χ4v) is 3.99. The molecular weight excluding hydrogens is 396 g/mol. The summed E-state index contributed by atoms with van der Waals surface area (Å²) in [5.74, 6) is 0.997. The summed E-state index contributed by atoms with van der Waals surface area (Å²) >= 11 is 0.878. The number of nitrogens with zero attached hydrogens (tertiary/aromatic N) is 1. The van der Waals surface area contributed by atoms with Crippen molar-refractivity contribution in [2.24, 2.45) is 0 Å². The third kappa shape index (κ3) is 4.71. The third-order valence-electron chi connectivity index (χ3n) is 4.82. The summed E-state index contributed by atoms with van der Waals surface area (Å²) in [6, 6.07) is 17.6. The molecule has 0 atom stereocenters. The van der Waals surface area contributed by atoms with Gasteiger partial charge in [0.25, 0.3) is 11.1 Å². The van der Waals surface area contributed by atoms with E-state index in [2.05, 4.69) is 29.4 Å². The standard InChI is InChI=1S/C24H22N2O3S/c1-2-3-5-8-16-11-12-20-19(13-16)21(29-18-9-6-4-7-10-18)14-17(25-20)15-22-23(27)26-24(28)30-22/h4,6-7,9-15H,2-3,5,8H2,1H3,(H,26,27,28)/b22-15+. The minimum atomic E-state index is -0.399. The number of hydrogen-bond acceptors (Lipinski definition) is 5. The summed E-state index contributed by atoms with van der Waals surface area (Å²) in [6.07, 6.45) is 6.17. The van der Waals surface area contributed by atoms with Crippen LogP contribution in [0.15, 0.2) is 59.5 Å². The van der Waals surface area contributed by atoms with Crippen molar-refractivity contribution in [2.75, 3.05) is 0 Å². The topological polar surface area (TPSA) is 68.3 Å². The quantitative estimate of drug-likeness (QED) is 0.372. The highest BCUT2D eigenvalue weighted by atomic mass is 32.2. The van der Waals surface area contributed by atoms with E-state index in [-0.39, 0.29) is 5.24 Å². The van der Waals surface area contributed by atoms with Gasteiger partial charge in [-0.1, -0.05) is 44.0 Å². The van der Waals surface area contributed by atoms with E-state index in [1.165, 1.54) is 18.4 Å². The molecule has 5 nitrogen and oxygen atoms in total. The summed E-state index contributed by atoms with van der Waals surface area (Å²) < 4.78 is 6.18. The van der Waals surface area contributed by atoms with Crippen molar-refractivity contribution in [3.63, 3.8) is 0 Å². The fourth-order valence-electron chi connectivity index (χ4n) is 3.33. The van der Waals surface area contributed by atoms with Gasteiger partial charge in [0, 0.05) is 11.5 Å². The number of carbonyl (C=O) groups is 2. The number of ether oxygens (including phenoxy) is 1. The van der Waals surface area contributed by atoms with E-state index in [1.807, 2.05) is 42.5 Å². The average molecular weight is 419 g/mol. The van der Waals surface area contributed by atoms with E-state index in [0.29, 0.717) is 16.3 Å². The molecule has 30 heavy (non-hydrogen) atoms. The zero-order valence-corrected chi connectivity index (χ0v) is 17.5. The normalized spacial score (nSPS) is 15.0. The molecule has 0 saturated carbocycles. The number of aryl methyl sites for hydroxylation is 1. The number of para-hydroxylation sites is 1. The Bertz CT molecular complexity index is 1130. The van der Waals surface area contributed by atoms with E-state index >= 15 is 0 Å². The van der Waals surface area contributed by atoms with Crippen LogP contribution in [0.3, 0.4) is 0 Å². The van der Waals surface area contributed by atoms with Crippen molar-refractivity contribution in [1.82, 2.24) is 10.3 Å². The first-order chi connectivity index (χ1) is 14.6. The van der Waals surface area contributed by atoms with Crippen molar-refractivity contribution < 1.29 is 14.3 Å². The van der Waals surface area contributed by atoms with Crippen molar-refractivity contribution in [3.05, 3.63) is 70.8 Å². The summed E-state index contributed by atoms with van der Waals surface area (Å²) in [5, 5.41) is 2.82. The lowest BCUT2D eigenvalue weighted by molar-refractivity contribution is -0.115. The van der Waals surface area contributed by atoms with Gasteiger partial charge in [0.1, 0.15) is 11.5 Å². The monoisotopic (exact) mass is 418 g/mol. The summed E-state index contributed by atoms with van der Waals surface area (Å²) in [6.45, 7) is 2.20. The molecule has 1 aliphatic rings. The van der Waals surface area contributed by atoms with Gasteiger partial charge in [0.05, 0.1) is 16.1 Å². The first kappa shape index (κ1) is 20.2. The maximum absolute atomic E-state index is 11.9. The Labute approximate surface area is 179 Å². The molecule has 0 bridgehead atoms. The van der Waals surface area contributed by atoms with Crippen molar-refractivity contribution in [3.8, 4) is 11.5 Å². The van der Waals surface area contributed by atoms with Gasteiger partial charge in [-0.3, -0.25) is 14.9 Å². The molecule has 0 unspecified atom stereocenters. The number of hydrogen-bond donors (Lipinski definition) is 1. The van der Waals surface area contributed by atoms with Crippen LogP contribution in [0.5, 0.6) is 11.5 Å². The molecule has 0 radical (unpaired) electrons. The fraction of sp³-hybridized carbons (Fsp3) is 0.208. The highest BCUT2D eigenvalue weighted by Gasteiger charge is 2.25. The second kappa shape index (κ2) is 9.13. The predicted molar refractivity (Wildman–Crippen MR) is 121 cm³/mol. The van der Waals surface area contributed by atoms with Gasteiger partial charge < -0.3 is 4.74 Å². The lowest BCUT2D eigenvalue weighted by atomic mass is 10.0. The first-order valence-electron chi connectivity index (χ1n) is 10.0. The van der Waals surface area contributed by atoms with Gasteiger partial charge >= 0.3 is 0 Å². The number of aromatic nitrogens is 1. The lowest BCUT2D eigenvalue weighted by Gasteiger charge is -2.12. The molecule has 1 fully saturated rings. The average Bonchev–Trinajstić information content (AvgIpc) is 3.06. The van der Waals surface area contributed by atoms with Crippen LogP contribution in [-0.4, -0.2) is 16.1 Å². The maximum atomic E-state index is 11.9. The van der Waals surface area contributed by atoms with Crippen molar-refractivity contribution in [2.45, 2.75) is 32.6 Å². The second-order valence-corrected chi connectivity index (χ2v) is 8.14. The zero-order chi connectivity index (χ0) is 20.9.